The third-order valence-electron chi connectivity index (χ3n) is 7.05. The van der Waals surface area contributed by atoms with E-state index < -0.39 is 17.5 Å². The molecule has 1 atom stereocenters. The van der Waals surface area contributed by atoms with Gasteiger partial charge in [-0.25, -0.2) is 18.7 Å². The summed E-state index contributed by atoms with van der Waals surface area (Å²) in [7, 11) is 0. The van der Waals surface area contributed by atoms with E-state index in [0.717, 1.165) is 17.7 Å². The zero-order valence-electron chi connectivity index (χ0n) is 25.0. The van der Waals surface area contributed by atoms with Crippen LogP contribution < -0.4 is 20.7 Å². The molecule has 1 aliphatic carbocycles. The molecule has 1 aromatic carbocycles. The molecular weight excluding hydrogens is 603 g/mol. The number of fused-ring (bicyclic) bond motifs is 1. The van der Waals surface area contributed by atoms with Gasteiger partial charge in [0, 0.05) is 43.1 Å². The number of anilines is 1. The first kappa shape index (κ1) is 30.2. The molecule has 0 radical (unpaired) electrons. The van der Waals surface area contributed by atoms with E-state index in [1.807, 2.05) is 6.07 Å². The zero-order chi connectivity index (χ0) is 31.7. The smallest absolute Gasteiger partial charge is 0.407 e. The number of ether oxygens (including phenoxy) is 2. The SMILES string of the molecule is CC(C)(C)OC(=O)NC1CCN(C(=O)Cn2cc(-c3cc4nccc(Oc5ccc(NC(=O)NC6CC6)cc5F)c4s3)nn2)C1. The van der Waals surface area contributed by atoms with E-state index in [1.54, 1.807) is 50.2 Å². The number of hydrogen-bond acceptors (Lipinski definition) is 9. The van der Waals surface area contributed by atoms with Crippen LogP contribution in [0.4, 0.5) is 19.7 Å². The summed E-state index contributed by atoms with van der Waals surface area (Å²) in [5.41, 5.74) is 0.905. The maximum atomic E-state index is 14.9. The number of hydrogen-bond donors (Lipinski definition) is 3. The van der Waals surface area contributed by atoms with E-state index >= 15 is 0 Å². The van der Waals surface area contributed by atoms with Crippen molar-refractivity contribution in [2.45, 2.75) is 64.3 Å². The largest absolute Gasteiger partial charge is 0.453 e. The predicted octanol–water partition coefficient (Wildman–Crippen LogP) is 4.90. The number of carbonyl (C=O) groups is 3. The second kappa shape index (κ2) is 12.3. The molecule has 1 saturated carbocycles. The maximum absolute atomic E-state index is 14.9. The molecule has 0 bridgehead atoms. The van der Waals surface area contributed by atoms with Crippen molar-refractivity contribution in [2.24, 2.45) is 0 Å². The van der Waals surface area contributed by atoms with Crippen LogP contribution in [0.25, 0.3) is 20.8 Å². The Bertz CT molecular complexity index is 1750. The molecule has 6 rings (SSSR count). The summed E-state index contributed by atoms with van der Waals surface area (Å²) in [5, 5.41) is 16.6. The Labute approximate surface area is 262 Å². The van der Waals surface area contributed by atoms with Gasteiger partial charge in [-0.05, 0) is 58.2 Å². The van der Waals surface area contributed by atoms with E-state index in [2.05, 4.69) is 31.2 Å². The van der Waals surface area contributed by atoms with Gasteiger partial charge in [0.15, 0.2) is 11.6 Å². The van der Waals surface area contributed by atoms with Gasteiger partial charge >= 0.3 is 12.1 Å². The van der Waals surface area contributed by atoms with Crippen molar-refractivity contribution in [1.29, 1.82) is 0 Å². The fourth-order valence-electron chi connectivity index (χ4n) is 4.79. The normalized spacial score (nSPS) is 16.4. The van der Waals surface area contributed by atoms with Crippen LogP contribution in [-0.4, -0.2) is 73.7 Å². The molecule has 1 unspecified atom stereocenters. The molecule has 45 heavy (non-hydrogen) atoms. The van der Waals surface area contributed by atoms with Gasteiger partial charge in [0.1, 0.15) is 23.6 Å². The molecule has 3 N–H and O–H groups in total. The standard InChI is InChI=1S/C30H33FN8O5S/c1-30(2,3)44-29(42)35-19-9-11-38(14-19)26(40)16-39-15-22(36-37-39)25-13-21-27(45-25)24(8-10-32-21)43-23-7-6-18(12-20(23)31)34-28(41)33-17-4-5-17/h6-8,10,12-13,15,17,19H,4-5,9,11,14,16H2,1-3H3,(H,35,42)(H2,33,34,41). The van der Waals surface area contributed by atoms with Crippen LogP contribution in [0.5, 0.6) is 11.5 Å². The minimum atomic E-state index is -0.626. The van der Waals surface area contributed by atoms with Crippen molar-refractivity contribution in [3.05, 3.63) is 48.5 Å². The Morgan fingerprint density at radius 1 is 1.07 bits per heavy atom. The third kappa shape index (κ3) is 7.66. The number of alkyl carbamates (subject to hydrolysis) is 1. The molecule has 2 fully saturated rings. The number of rotatable bonds is 8. The number of benzene rings is 1. The molecule has 1 saturated heterocycles. The van der Waals surface area contributed by atoms with E-state index in [0.29, 0.717) is 46.9 Å². The topological polar surface area (TPSA) is 153 Å². The average molecular weight is 637 g/mol. The molecular formula is C30H33FN8O5S. The fraction of sp³-hybridized carbons (Fsp3) is 0.400. The van der Waals surface area contributed by atoms with Crippen molar-refractivity contribution in [3.63, 3.8) is 0 Å². The quantitative estimate of drug-likeness (QED) is 0.247. The van der Waals surface area contributed by atoms with Crippen LogP contribution in [0.15, 0.2) is 42.7 Å². The van der Waals surface area contributed by atoms with Gasteiger partial charge < -0.3 is 30.3 Å². The van der Waals surface area contributed by atoms with Crippen LogP contribution in [0.3, 0.4) is 0 Å². The highest BCUT2D eigenvalue weighted by Crippen LogP contribution is 2.39. The van der Waals surface area contributed by atoms with Crippen molar-refractivity contribution < 1.29 is 28.2 Å². The van der Waals surface area contributed by atoms with Crippen LogP contribution in [0.2, 0.25) is 0 Å². The van der Waals surface area contributed by atoms with Crippen molar-refractivity contribution >= 4 is 45.3 Å². The van der Waals surface area contributed by atoms with Crippen molar-refractivity contribution in [2.75, 3.05) is 18.4 Å². The van der Waals surface area contributed by atoms with Gasteiger partial charge in [0.25, 0.3) is 0 Å². The second-order valence-corrected chi connectivity index (χ2v) is 13.1. The molecule has 3 aromatic heterocycles. The maximum Gasteiger partial charge on any atom is 0.407 e. The average Bonchev–Trinajstić information content (AvgIpc) is 3.33. The minimum absolute atomic E-state index is 0.000467. The first-order valence-electron chi connectivity index (χ1n) is 14.6. The fourth-order valence-corrected chi connectivity index (χ4v) is 5.80. The van der Waals surface area contributed by atoms with Crippen LogP contribution in [0, 0.1) is 5.82 Å². The highest BCUT2D eigenvalue weighted by molar-refractivity contribution is 7.22. The number of nitrogens with zero attached hydrogens (tertiary/aromatic N) is 5. The minimum Gasteiger partial charge on any atom is -0.453 e. The summed E-state index contributed by atoms with van der Waals surface area (Å²) in [4.78, 5) is 43.8. The van der Waals surface area contributed by atoms with Gasteiger partial charge in [-0.1, -0.05) is 5.21 Å². The number of urea groups is 1. The Hall–Kier alpha value is -4.79. The third-order valence-corrected chi connectivity index (χ3v) is 8.21. The number of nitrogens with one attached hydrogen (secondary N) is 3. The lowest BCUT2D eigenvalue weighted by atomic mass is 10.2. The van der Waals surface area contributed by atoms with E-state index in [4.69, 9.17) is 9.47 Å². The van der Waals surface area contributed by atoms with Gasteiger partial charge in [-0.15, -0.1) is 16.4 Å². The highest BCUT2D eigenvalue weighted by atomic mass is 32.1. The number of aromatic nitrogens is 4. The van der Waals surface area contributed by atoms with Gasteiger partial charge in [0.2, 0.25) is 5.91 Å². The summed E-state index contributed by atoms with van der Waals surface area (Å²) in [5.74, 6) is -0.354. The molecule has 13 nitrogen and oxygen atoms in total. The molecule has 1 aliphatic heterocycles. The lowest BCUT2D eigenvalue weighted by Crippen LogP contribution is -2.41. The first-order valence-corrected chi connectivity index (χ1v) is 15.4. The van der Waals surface area contributed by atoms with E-state index in [-0.39, 0.29) is 36.3 Å². The van der Waals surface area contributed by atoms with E-state index in [9.17, 15) is 18.8 Å². The Morgan fingerprint density at radius 2 is 1.89 bits per heavy atom. The summed E-state index contributed by atoms with van der Waals surface area (Å²) in [6.07, 6.45) is 5.29. The van der Waals surface area contributed by atoms with Crippen molar-refractivity contribution in [3.8, 4) is 22.1 Å². The highest BCUT2D eigenvalue weighted by Gasteiger charge is 2.29. The van der Waals surface area contributed by atoms with Crippen LogP contribution in [-0.2, 0) is 16.1 Å². The van der Waals surface area contributed by atoms with Gasteiger partial charge in [-0.2, -0.15) is 0 Å². The van der Waals surface area contributed by atoms with Crippen molar-refractivity contribution in [1.82, 2.24) is 35.5 Å². The number of carbonyl (C=O) groups excluding carboxylic acids is 3. The lowest BCUT2D eigenvalue weighted by molar-refractivity contribution is -0.131. The molecule has 4 heterocycles. The van der Waals surface area contributed by atoms with Crippen LogP contribution >= 0.6 is 11.3 Å². The predicted molar refractivity (Wildman–Crippen MR) is 165 cm³/mol. The Balaban J connectivity index is 1.08. The molecule has 0 spiro atoms. The number of likely N-dealkylation sites (tertiary alicyclic amines) is 1. The summed E-state index contributed by atoms with van der Waals surface area (Å²) < 4.78 is 28.3. The monoisotopic (exact) mass is 636 g/mol. The number of halogens is 1. The van der Waals surface area contributed by atoms with Crippen LogP contribution in [0.1, 0.15) is 40.0 Å². The van der Waals surface area contributed by atoms with E-state index in [1.165, 1.54) is 28.2 Å². The summed E-state index contributed by atoms with van der Waals surface area (Å²) >= 11 is 1.35. The summed E-state index contributed by atoms with van der Waals surface area (Å²) in [6, 6.07) is 7.36. The summed E-state index contributed by atoms with van der Waals surface area (Å²) in [6.45, 7) is 6.29. The number of pyridine rings is 1. The molecule has 236 valence electrons. The molecule has 4 amide bonds. The zero-order valence-corrected chi connectivity index (χ0v) is 25.8. The Morgan fingerprint density at radius 3 is 2.64 bits per heavy atom. The molecule has 4 aromatic rings. The number of amides is 4. The first-order chi connectivity index (χ1) is 21.5. The van der Waals surface area contributed by atoms with Gasteiger partial charge in [0.05, 0.1) is 27.3 Å². The molecule has 2 aliphatic rings. The number of thiophene rings is 1. The van der Waals surface area contributed by atoms with Gasteiger partial charge in [-0.3, -0.25) is 9.78 Å². The molecule has 15 heteroatoms. The lowest BCUT2D eigenvalue weighted by Gasteiger charge is -2.22. The Kier molecular flexibility index (Phi) is 8.27. The second-order valence-electron chi connectivity index (χ2n) is 12.0.